The van der Waals surface area contributed by atoms with Crippen LogP contribution in [-0.4, -0.2) is 9.38 Å². The van der Waals surface area contributed by atoms with Crippen LogP contribution in [0.15, 0.2) is 36.7 Å². The minimum Gasteiger partial charge on any atom is -0.398 e. The predicted octanol–water partition coefficient (Wildman–Crippen LogP) is 3.51. The molecule has 0 saturated carbocycles. The Morgan fingerprint density at radius 3 is 2.58 bits per heavy atom. The number of imidazole rings is 1. The molecule has 0 fully saturated rings. The predicted molar refractivity (Wildman–Crippen MR) is 79.3 cm³/mol. The van der Waals surface area contributed by atoms with Crippen LogP contribution in [0, 0.1) is 20.8 Å². The maximum Gasteiger partial charge on any atom is 0.140 e. The average Bonchev–Trinajstić information content (AvgIpc) is 2.76. The smallest absolute Gasteiger partial charge is 0.140 e. The number of rotatable bonds is 1. The molecule has 3 nitrogen and oxygen atoms in total. The quantitative estimate of drug-likeness (QED) is 0.719. The molecule has 1 aromatic carbocycles. The van der Waals surface area contributed by atoms with E-state index in [1.807, 2.05) is 29.8 Å². The first-order valence-corrected chi connectivity index (χ1v) is 6.37. The van der Waals surface area contributed by atoms with Gasteiger partial charge in [-0.05, 0) is 44.0 Å². The van der Waals surface area contributed by atoms with Crippen molar-refractivity contribution in [3.63, 3.8) is 0 Å². The molecule has 3 aromatic rings. The van der Waals surface area contributed by atoms with Gasteiger partial charge in [0.15, 0.2) is 0 Å². The van der Waals surface area contributed by atoms with Crippen LogP contribution >= 0.6 is 0 Å². The van der Waals surface area contributed by atoms with Gasteiger partial charge in [-0.2, -0.15) is 0 Å². The van der Waals surface area contributed by atoms with Crippen LogP contribution < -0.4 is 5.73 Å². The Morgan fingerprint density at radius 2 is 1.79 bits per heavy atom. The van der Waals surface area contributed by atoms with Gasteiger partial charge in [0.25, 0.3) is 0 Å². The van der Waals surface area contributed by atoms with Crippen molar-refractivity contribution in [2.24, 2.45) is 0 Å². The van der Waals surface area contributed by atoms with Crippen molar-refractivity contribution in [2.75, 3.05) is 5.73 Å². The second-order valence-corrected chi connectivity index (χ2v) is 5.13. The maximum absolute atomic E-state index is 5.88. The molecule has 0 atom stereocenters. The second kappa shape index (κ2) is 4.12. The number of hydrogen-bond donors (Lipinski definition) is 1. The minimum atomic E-state index is 0.759. The summed E-state index contributed by atoms with van der Waals surface area (Å²) in [5.41, 5.74) is 13.4. The Hall–Kier alpha value is -2.29. The zero-order valence-corrected chi connectivity index (χ0v) is 11.4. The number of nitrogens with zero attached hydrogens (tertiary/aromatic N) is 2. The number of pyridine rings is 1. The molecule has 0 aliphatic carbocycles. The van der Waals surface area contributed by atoms with Gasteiger partial charge in [0.2, 0.25) is 0 Å². The number of hydrogen-bond acceptors (Lipinski definition) is 2. The number of anilines is 1. The highest BCUT2D eigenvalue weighted by molar-refractivity contribution is 5.68. The van der Waals surface area contributed by atoms with Crippen LogP contribution in [0.25, 0.3) is 16.9 Å². The lowest BCUT2D eigenvalue weighted by Gasteiger charge is -2.03. The number of nitrogens with two attached hydrogens (primary N) is 1. The molecule has 2 aromatic heterocycles. The van der Waals surface area contributed by atoms with E-state index in [-0.39, 0.29) is 0 Å². The van der Waals surface area contributed by atoms with Crippen molar-refractivity contribution < 1.29 is 0 Å². The molecule has 0 aliphatic rings. The Bertz CT molecular complexity index is 769. The number of benzene rings is 1. The molecule has 0 amide bonds. The lowest BCUT2D eigenvalue weighted by atomic mass is 10.0. The zero-order chi connectivity index (χ0) is 13.6. The first-order valence-electron chi connectivity index (χ1n) is 6.37. The van der Waals surface area contributed by atoms with Crippen molar-refractivity contribution in [2.45, 2.75) is 20.8 Å². The summed E-state index contributed by atoms with van der Waals surface area (Å²) in [6, 6.07) is 8.39. The molecule has 2 N–H and O–H groups in total. The number of aromatic nitrogens is 2. The Kier molecular flexibility index (Phi) is 2.56. The first-order chi connectivity index (χ1) is 9.04. The Balaban J connectivity index is 2.26. The summed E-state index contributed by atoms with van der Waals surface area (Å²) >= 11 is 0. The molecule has 0 radical (unpaired) electrons. The van der Waals surface area contributed by atoms with Crippen LogP contribution in [-0.2, 0) is 0 Å². The van der Waals surface area contributed by atoms with Gasteiger partial charge < -0.3 is 10.1 Å². The molecule has 0 unspecified atom stereocenters. The largest absolute Gasteiger partial charge is 0.398 e. The fourth-order valence-corrected chi connectivity index (χ4v) is 2.44. The Labute approximate surface area is 112 Å². The van der Waals surface area contributed by atoms with E-state index in [9.17, 15) is 0 Å². The van der Waals surface area contributed by atoms with Crippen molar-refractivity contribution in [3.05, 3.63) is 53.3 Å². The van der Waals surface area contributed by atoms with Gasteiger partial charge in [-0.3, -0.25) is 0 Å². The van der Waals surface area contributed by atoms with E-state index in [0.717, 1.165) is 22.6 Å². The molecule has 96 valence electrons. The summed E-state index contributed by atoms with van der Waals surface area (Å²) < 4.78 is 2.00. The van der Waals surface area contributed by atoms with Gasteiger partial charge in [0, 0.05) is 23.6 Å². The molecule has 0 aliphatic heterocycles. The molecule has 0 saturated heterocycles. The van der Waals surface area contributed by atoms with E-state index in [1.165, 1.54) is 16.7 Å². The summed E-state index contributed by atoms with van der Waals surface area (Å²) in [7, 11) is 0. The molecular weight excluding hydrogens is 234 g/mol. The molecule has 0 bridgehead atoms. The zero-order valence-electron chi connectivity index (χ0n) is 11.4. The number of fused-ring (bicyclic) bond motifs is 1. The van der Waals surface area contributed by atoms with E-state index in [1.54, 1.807) is 0 Å². The van der Waals surface area contributed by atoms with Gasteiger partial charge >= 0.3 is 0 Å². The van der Waals surface area contributed by atoms with E-state index < -0.39 is 0 Å². The highest BCUT2D eigenvalue weighted by atomic mass is 15.0. The van der Waals surface area contributed by atoms with Crippen LogP contribution in [0.2, 0.25) is 0 Å². The lowest BCUT2D eigenvalue weighted by molar-refractivity contribution is 1.17. The van der Waals surface area contributed by atoms with Crippen molar-refractivity contribution in [1.82, 2.24) is 9.38 Å². The standard InChI is InChI=1S/C16H17N3/c1-10-4-5-11(2)14(6-10)15-9-19-8-13(17)7-12(3)16(19)18-15/h4-9H,17H2,1-3H3. The van der Waals surface area contributed by atoms with Crippen molar-refractivity contribution in [3.8, 4) is 11.3 Å². The molecule has 2 heterocycles. The van der Waals surface area contributed by atoms with Crippen molar-refractivity contribution in [1.29, 1.82) is 0 Å². The van der Waals surface area contributed by atoms with Gasteiger partial charge in [-0.15, -0.1) is 0 Å². The minimum absolute atomic E-state index is 0.759. The van der Waals surface area contributed by atoms with Crippen LogP contribution in [0.5, 0.6) is 0 Å². The van der Waals surface area contributed by atoms with E-state index in [2.05, 4.69) is 32.0 Å². The highest BCUT2D eigenvalue weighted by Gasteiger charge is 2.09. The average molecular weight is 251 g/mol. The molecule has 3 rings (SSSR count). The summed E-state index contributed by atoms with van der Waals surface area (Å²) in [5, 5.41) is 0. The Morgan fingerprint density at radius 1 is 1.00 bits per heavy atom. The third-order valence-electron chi connectivity index (χ3n) is 3.43. The summed E-state index contributed by atoms with van der Waals surface area (Å²) in [5.74, 6) is 0. The summed E-state index contributed by atoms with van der Waals surface area (Å²) in [4.78, 5) is 4.73. The van der Waals surface area contributed by atoms with Gasteiger partial charge in [0.1, 0.15) is 5.65 Å². The third-order valence-corrected chi connectivity index (χ3v) is 3.43. The van der Waals surface area contributed by atoms with E-state index >= 15 is 0 Å². The van der Waals surface area contributed by atoms with Crippen LogP contribution in [0.4, 0.5) is 5.69 Å². The fourth-order valence-electron chi connectivity index (χ4n) is 2.44. The summed E-state index contributed by atoms with van der Waals surface area (Å²) in [6.07, 6.45) is 3.95. The molecule has 3 heteroatoms. The summed E-state index contributed by atoms with van der Waals surface area (Å²) in [6.45, 7) is 6.24. The van der Waals surface area contributed by atoms with Gasteiger partial charge in [0.05, 0.1) is 5.69 Å². The highest BCUT2D eigenvalue weighted by Crippen LogP contribution is 2.25. The van der Waals surface area contributed by atoms with E-state index in [4.69, 9.17) is 10.7 Å². The van der Waals surface area contributed by atoms with Gasteiger partial charge in [-0.1, -0.05) is 17.7 Å². The maximum atomic E-state index is 5.88. The van der Waals surface area contributed by atoms with Crippen molar-refractivity contribution >= 4 is 11.3 Å². The van der Waals surface area contributed by atoms with Crippen LogP contribution in [0.1, 0.15) is 16.7 Å². The lowest BCUT2D eigenvalue weighted by Crippen LogP contribution is -1.92. The molecular formula is C16H17N3. The number of aryl methyl sites for hydroxylation is 3. The first kappa shape index (κ1) is 11.8. The fraction of sp³-hybridized carbons (Fsp3) is 0.188. The third kappa shape index (κ3) is 1.97. The topological polar surface area (TPSA) is 43.3 Å². The number of nitrogen functional groups attached to an aromatic ring is 1. The van der Waals surface area contributed by atoms with E-state index in [0.29, 0.717) is 0 Å². The molecule has 0 spiro atoms. The monoisotopic (exact) mass is 251 g/mol. The van der Waals surface area contributed by atoms with Gasteiger partial charge in [-0.25, -0.2) is 4.98 Å². The second-order valence-electron chi connectivity index (χ2n) is 5.13. The van der Waals surface area contributed by atoms with Crippen LogP contribution in [0.3, 0.4) is 0 Å². The normalized spacial score (nSPS) is 11.1. The SMILES string of the molecule is Cc1ccc(C)c(-c2cn3cc(N)cc(C)c3n2)c1. The molecule has 19 heavy (non-hydrogen) atoms.